The van der Waals surface area contributed by atoms with E-state index in [0.717, 1.165) is 58.7 Å². The Balaban J connectivity index is 1.40. The first-order chi connectivity index (χ1) is 15.4. The third kappa shape index (κ3) is 4.54. The molecule has 1 aliphatic rings. The molecule has 8 heteroatoms. The average Bonchev–Trinajstić information content (AvgIpc) is 3.29. The number of pyridine rings is 1. The minimum absolute atomic E-state index is 0.608. The summed E-state index contributed by atoms with van der Waals surface area (Å²) in [6, 6.07) is 16.1. The van der Waals surface area contributed by atoms with Crippen molar-refractivity contribution < 1.29 is 0 Å². The largest absolute Gasteiger partial charge is 0.366 e. The first-order valence-electron chi connectivity index (χ1n) is 10.3. The van der Waals surface area contributed by atoms with E-state index in [0.29, 0.717) is 6.54 Å². The highest BCUT2D eigenvalue weighted by atomic mass is 32.2. The summed E-state index contributed by atoms with van der Waals surface area (Å²) in [4.78, 5) is 15.4. The Morgan fingerprint density at radius 2 is 1.77 bits per heavy atom. The van der Waals surface area contributed by atoms with Gasteiger partial charge in [0.1, 0.15) is 18.0 Å². The van der Waals surface area contributed by atoms with E-state index in [4.69, 9.17) is 5.10 Å². The summed E-state index contributed by atoms with van der Waals surface area (Å²) in [7, 11) is 0. The van der Waals surface area contributed by atoms with E-state index in [9.17, 15) is 0 Å². The minimum atomic E-state index is 0.608. The van der Waals surface area contributed by atoms with Gasteiger partial charge in [0, 0.05) is 66.9 Å². The van der Waals surface area contributed by atoms with Crippen LogP contribution in [0.15, 0.2) is 73.4 Å². The van der Waals surface area contributed by atoms with E-state index < -0.39 is 0 Å². The molecule has 4 heterocycles. The minimum Gasteiger partial charge on any atom is -0.366 e. The van der Waals surface area contributed by atoms with Gasteiger partial charge in [0.15, 0.2) is 0 Å². The SMILES string of the molecule is c1ccc(-n2cc(CNc3cc(N4CCSCC4)ncn3)c(-c3ccncc3)n2)cc1. The first-order valence-corrected chi connectivity index (χ1v) is 11.5. The van der Waals surface area contributed by atoms with Crippen LogP contribution in [-0.4, -0.2) is 49.3 Å². The van der Waals surface area contributed by atoms with Crippen LogP contribution in [0.5, 0.6) is 0 Å². The zero-order chi connectivity index (χ0) is 20.9. The third-order valence-corrected chi connectivity index (χ3v) is 6.15. The molecule has 156 valence electrons. The van der Waals surface area contributed by atoms with Gasteiger partial charge < -0.3 is 10.2 Å². The van der Waals surface area contributed by atoms with Crippen molar-refractivity contribution >= 4 is 23.4 Å². The number of hydrogen-bond donors (Lipinski definition) is 1. The fourth-order valence-corrected chi connectivity index (χ4v) is 4.50. The number of anilines is 2. The summed E-state index contributed by atoms with van der Waals surface area (Å²) in [5.41, 5.74) is 4.08. The highest BCUT2D eigenvalue weighted by molar-refractivity contribution is 7.99. The lowest BCUT2D eigenvalue weighted by Crippen LogP contribution is -2.33. The van der Waals surface area contributed by atoms with Crippen molar-refractivity contribution in [1.29, 1.82) is 0 Å². The molecule has 0 aliphatic carbocycles. The standard InChI is InChI=1S/C23H23N7S/c1-2-4-20(5-3-1)30-16-19(23(28-30)18-6-8-24-9-7-18)15-25-21-14-22(27-17-26-21)29-10-12-31-13-11-29/h1-9,14,16-17H,10-13,15H2,(H,25,26,27). The van der Waals surface area contributed by atoms with Gasteiger partial charge in [-0.15, -0.1) is 0 Å². The molecular formula is C23H23N7S. The topological polar surface area (TPSA) is 71.8 Å². The Bertz CT molecular complexity index is 1130. The van der Waals surface area contributed by atoms with Crippen LogP contribution in [0.4, 0.5) is 11.6 Å². The molecule has 5 rings (SSSR count). The van der Waals surface area contributed by atoms with Crippen molar-refractivity contribution in [3.8, 4) is 16.9 Å². The van der Waals surface area contributed by atoms with Crippen LogP contribution < -0.4 is 10.2 Å². The number of nitrogens with one attached hydrogen (secondary N) is 1. The Kier molecular flexibility index (Phi) is 5.79. The van der Waals surface area contributed by atoms with Crippen molar-refractivity contribution in [3.05, 3.63) is 79.0 Å². The first kappa shape index (κ1) is 19.6. The third-order valence-electron chi connectivity index (χ3n) is 5.21. The number of aromatic nitrogens is 5. The van der Waals surface area contributed by atoms with Crippen molar-refractivity contribution in [1.82, 2.24) is 24.7 Å². The van der Waals surface area contributed by atoms with E-state index in [2.05, 4.69) is 31.4 Å². The van der Waals surface area contributed by atoms with Crippen LogP contribution in [-0.2, 0) is 6.54 Å². The van der Waals surface area contributed by atoms with Gasteiger partial charge >= 0.3 is 0 Å². The van der Waals surface area contributed by atoms with Gasteiger partial charge in [0.2, 0.25) is 0 Å². The molecule has 1 aliphatic heterocycles. The molecule has 3 aromatic heterocycles. The predicted molar refractivity (Wildman–Crippen MR) is 126 cm³/mol. The zero-order valence-corrected chi connectivity index (χ0v) is 17.9. The molecule has 31 heavy (non-hydrogen) atoms. The van der Waals surface area contributed by atoms with Crippen LogP contribution in [0.3, 0.4) is 0 Å². The summed E-state index contributed by atoms with van der Waals surface area (Å²) in [6.45, 7) is 2.66. The second kappa shape index (κ2) is 9.18. The molecular weight excluding hydrogens is 406 g/mol. The van der Waals surface area contributed by atoms with Gasteiger partial charge in [0.25, 0.3) is 0 Å². The fourth-order valence-electron chi connectivity index (χ4n) is 3.60. The van der Waals surface area contributed by atoms with Crippen molar-refractivity contribution in [2.75, 3.05) is 34.8 Å². The maximum absolute atomic E-state index is 4.86. The number of rotatable bonds is 6. The van der Waals surface area contributed by atoms with Crippen LogP contribution in [0.2, 0.25) is 0 Å². The highest BCUT2D eigenvalue weighted by Gasteiger charge is 2.15. The Hall–Kier alpha value is -3.39. The molecule has 1 fully saturated rings. The monoisotopic (exact) mass is 429 g/mol. The Morgan fingerprint density at radius 1 is 0.968 bits per heavy atom. The number of nitrogens with zero attached hydrogens (tertiary/aromatic N) is 6. The van der Waals surface area contributed by atoms with E-state index >= 15 is 0 Å². The molecule has 0 atom stereocenters. The van der Waals surface area contributed by atoms with Crippen molar-refractivity contribution in [2.24, 2.45) is 0 Å². The van der Waals surface area contributed by atoms with Gasteiger partial charge in [-0.05, 0) is 24.3 Å². The molecule has 1 saturated heterocycles. The van der Waals surface area contributed by atoms with Crippen LogP contribution in [0.25, 0.3) is 16.9 Å². The van der Waals surface area contributed by atoms with E-state index in [-0.39, 0.29) is 0 Å². The Morgan fingerprint density at radius 3 is 2.58 bits per heavy atom. The van der Waals surface area contributed by atoms with E-state index in [1.165, 1.54) is 0 Å². The van der Waals surface area contributed by atoms with Crippen LogP contribution in [0, 0.1) is 0 Å². The summed E-state index contributed by atoms with van der Waals surface area (Å²) in [5.74, 6) is 4.07. The fraction of sp³-hybridized carbons (Fsp3) is 0.217. The maximum Gasteiger partial charge on any atom is 0.134 e. The molecule has 0 unspecified atom stereocenters. The van der Waals surface area contributed by atoms with Crippen molar-refractivity contribution in [2.45, 2.75) is 6.54 Å². The average molecular weight is 430 g/mol. The van der Waals surface area contributed by atoms with Crippen LogP contribution >= 0.6 is 11.8 Å². The number of para-hydroxylation sites is 1. The summed E-state index contributed by atoms with van der Waals surface area (Å²) in [5, 5.41) is 8.32. The lowest BCUT2D eigenvalue weighted by molar-refractivity contribution is 0.835. The molecule has 1 aromatic carbocycles. The molecule has 0 bridgehead atoms. The smallest absolute Gasteiger partial charge is 0.134 e. The maximum atomic E-state index is 4.86. The number of hydrogen-bond acceptors (Lipinski definition) is 7. The van der Waals surface area contributed by atoms with Gasteiger partial charge in [0.05, 0.1) is 11.4 Å². The van der Waals surface area contributed by atoms with Crippen LogP contribution in [0.1, 0.15) is 5.56 Å². The molecule has 0 amide bonds. The molecule has 4 aromatic rings. The zero-order valence-electron chi connectivity index (χ0n) is 17.1. The Labute approximate surface area is 185 Å². The van der Waals surface area contributed by atoms with Crippen molar-refractivity contribution in [3.63, 3.8) is 0 Å². The van der Waals surface area contributed by atoms with E-state index in [1.807, 2.05) is 65.0 Å². The second-order valence-corrected chi connectivity index (χ2v) is 8.46. The van der Waals surface area contributed by atoms with Gasteiger partial charge in [-0.3, -0.25) is 4.98 Å². The molecule has 0 spiro atoms. The van der Waals surface area contributed by atoms with Gasteiger partial charge in [-0.25, -0.2) is 14.6 Å². The summed E-state index contributed by atoms with van der Waals surface area (Å²) < 4.78 is 1.92. The van der Waals surface area contributed by atoms with Gasteiger partial charge in [-0.1, -0.05) is 18.2 Å². The second-order valence-electron chi connectivity index (χ2n) is 7.23. The molecule has 1 N–H and O–H groups in total. The quantitative estimate of drug-likeness (QED) is 0.498. The summed E-state index contributed by atoms with van der Waals surface area (Å²) in [6.07, 6.45) is 7.29. The number of thioether (sulfide) groups is 1. The number of benzene rings is 1. The normalized spacial score (nSPS) is 13.9. The highest BCUT2D eigenvalue weighted by Crippen LogP contribution is 2.25. The molecule has 0 radical (unpaired) electrons. The predicted octanol–water partition coefficient (Wildman–Crippen LogP) is 3.89. The molecule has 7 nitrogen and oxygen atoms in total. The van der Waals surface area contributed by atoms with E-state index in [1.54, 1.807) is 18.7 Å². The lowest BCUT2D eigenvalue weighted by atomic mass is 10.1. The van der Waals surface area contributed by atoms with Gasteiger partial charge in [-0.2, -0.15) is 16.9 Å². The lowest BCUT2D eigenvalue weighted by Gasteiger charge is -2.27. The molecule has 0 saturated carbocycles. The summed E-state index contributed by atoms with van der Waals surface area (Å²) >= 11 is 1.99.